The van der Waals surface area contributed by atoms with E-state index in [1.54, 1.807) is 18.2 Å². The molecule has 0 saturated heterocycles. The second-order valence-corrected chi connectivity index (χ2v) is 3.75. The van der Waals surface area contributed by atoms with Crippen LogP contribution in [0.25, 0.3) is 11.2 Å². The van der Waals surface area contributed by atoms with E-state index in [1.165, 1.54) is 12.1 Å². The summed E-state index contributed by atoms with van der Waals surface area (Å²) in [7, 11) is -3.81. The van der Waals surface area contributed by atoms with Crippen LogP contribution in [0.2, 0.25) is 0 Å². The molecule has 0 aromatic heterocycles. The van der Waals surface area contributed by atoms with Crippen molar-refractivity contribution in [1.82, 2.24) is 0 Å². The van der Waals surface area contributed by atoms with Crippen molar-refractivity contribution < 1.29 is 52.5 Å². The van der Waals surface area contributed by atoms with Crippen LogP contribution in [0, 0.1) is 44.1 Å². The van der Waals surface area contributed by atoms with Gasteiger partial charge in [0.2, 0.25) is 0 Å². The van der Waals surface area contributed by atoms with Gasteiger partial charge in [-0.15, -0.1) is 0 Å². The van der Waals surface area contributed by atoms with E-state index in [-0.39, 0.29) is 49.0 Å². The largest absolute Gasteiger partial charge is 0.560 e. The molecule has 13 heavy (non-hydrogen) atoms. The van der Waals surface area contributed by atoms with Crippen LogP contribution in [0.5, 0.6) is 0 Å². The van der Waals surface area contributed by atoms with Crippen LogP contribution in [0.3, 0.4) is 0 Å². The molecule has 0 saturated carbocycles. The average Bonchev–Trinajstić information content (AvgIpc) is 2.03. The second kappa shape index (κ2) is 5.26. The Morgan fingerprint density at radius 1 is 1.23 bits per heavy atom. The summed E-state index contributed by atoms with van der Waals surface area (Å²) in [5, 5.41) is 6.75. The Hall–Kier alpha value is 0.312. The fraction of sp³-hybridized carbons (Fsp3) is 0. The van der Waals surface area contributed by atoms with Crippen LogP contribution in [0.1, 0.15) is 5.56 Å². The van der Waals surface area contributed by atoms with E-state index in [9.17, 15) is 8.42 Å². The van der Waals surface area contributed by atoms with Gasteiger partial charge in [0, 0.05) is 49.0 Å². The van der Waals surface area contributed by atoms with Gasteiger partial charge in [-0.25, -0.2) is 8.42 Å². The van der Waals surface area contributed by atoms with Gasteiger partial charge in [-0.05, 0) is 17.7 Å². The van der Waals surface area contributed by atoms with Crippen molar-refractivity contribution in [3.05, 3.63) is 41.5 Å². The van der Waals surface area contributed by atoms with E-state index < -0.39 is 10.0 Å². The third-order valence-electron chi connectivity index (χ3n) is 1.43. The number of hydrogen-bond donors (Lipinski definition) is 0. The first-order chi connectivity index (χ1) is 5.54. The molecule has 0 aliphatic rings. The summed E-state index contributed by atoms with van der Waals surface area (Å²) in [6.07, 6.45) is 1.61. The van der Waals surface area contributed by atoms with E-state index >= 15 is 0 Å². The smallest absolute Gasteiger partial charge is 0.0987 e. The first kappa shape index (κ1) is 13.3. The second-order valence-electron chi connectivity index (χ2n) is 2.28. The minimum Gasteiger partial charge on any atom is -0.560 e. The van der Waals surface area contributed by atoms with Crippen LogP contribution in [0.15, 0.2) is 35.7 Å². The summed E-state index contributed by atoms with van der Waals surface area (Å²) in [5.74, 6) is 0. The minimum atomic E-state index is -3.81. The molecule has 0 amide bonds. The third-order valence-corrected chi connectivity index (χ3v) is 2.32. The molecule has 0 aliphatic carbocycles. The zero-order chi connectivity index (χ0) is 9.19. The molecule has 1 aromatic rings. The van der Waals surface area contributed by atoms with Gasteiger partial charge in [-0.2, -0.15) is 0 Å². The fourth-order valence-corrected chi connectivity index (χ4v) is 1.28. The van der Waals surface area contributed by atoms with Gasteiger partial charge in [0.1, 0.15) is 0 Å². The maximum Gasteiger partial charge on any atom is 0.0987 e. The monoisotopic (exact) mass is 409 g/mol. The fourth-order valence-electron chi connectivity index (χ4n) is 0.783. The van der Waals surface area contributed by atoms with Crippen LogP contribution >= 0.6 is 0 Å². The van der Waals surface area contributed by atoms with E-state index in [4.69, 9.17) is 5.14 Å². The predicted molar refractivity (Wildman–Crippen MR) is 48.0 cm³/mol. The van der Waals surface area contributed by atoms with Crippen molar-refractivity contribution in [2.24, 2.45) is 0 Å². The SMILES string of the molecule is C=Cc1ccc(S([NH-])(=O)=O)cc1.[Ac]. The molecule has 0 heterocycles. The Bertz CT molecular complexity index is 383. The summed E-state index contributed by atoms with van der Waals surface area (Å²) in [6.45, 7) is 3.53. The van der Waals surface area contributed by atoms with Gasteiger partial charge in [-0.3, -0.25) is 0 Å². The molecule has 1 rings (SSSR count). The average molecular weight is 409 g/mol. The van der Waals surface area contributed by atoms with E-state index in [0.29, 0.717) is 0 Å². The van der Waals surface area contributed by atoms with Crippen molar-refractivity contribution in [3.63, 3.8) is 0 Å². The molecule has 0 aliphatic heterocycles. The number of sulfonamides is 1. The standard InChI is InChI=1S/C8H8NO2S.Ac/c1-2-7-3-5-8(6-4-7)12(9,10)11;/h2-6H,1H2,(H-,9,10,11);/q-1;. The molecule has 0 unspecified atom stereocenters. The van der Waals surface area contributed by atoms with Gasteiger partial charge >= 0.3 is 0 Å². The van der Waals surface area contributed by atoms with Crippen LogP contribution in [-0.2, 0) is 10.0 Å². The minimum absolute atomic E-state index is 0. The van der Waals surface area contributed by atoms with Crippen molar-refractivity contribution in [3.8, 4) is 0 Å². The Morgan fingerprint density at radius 3 is 2.00 bits per heavy atom. The first-order valence-electron chi connectivity index (χ1n) is 3.26. The Balaban J connectivity index is 0.00000144. The quantitative estimate of drug-likeness (QED) is 0.751. The van der Waals surface area contributed by atoms with Crippen LogP contribution in [-0.4, -0.2) is 8.42 Å². The predicted octanol–water partition coefficient (Wildman–Crippen LogP) is 2.07. The van der Waals surface area contributed by atoms with E-state index in [2.05, 4.69) is 6.58 Å². The number of nitrogens with one attached hydrogen (secondary N) is 1. The summed E-state index contributed by atoms with van der Waals surface area (Å²) >= 11 is 0. The third kappa shape index (κ3) is 3.90. The van der Waals surface area contributed by atoms with Crippen LogP contribution in [0.4, 0.5) is 0 Å². The normalized spacial score (nSPS) is 10.2. The Kier molecular flexibility index (Phi) is 5.38. The zero-order valence-corrected chi connectivity index (χ0v) is 12.5. The van der Waals surface area contributed by atoms with Crippen molar-refractivity contribution in [1.29, 1.82) is 0 Å². The maximum atomic E-state index is 10.7. The molecule has 1 N–H and O–H groups in total. The molecule has 0 bridgehead atoms. The van der Waals surface area contributed by atoms with Gasteiger partial charge in [-0.1, -0.05) is 24.8 Å². The molecular formula is C8H8AcNO2S-. The molecule has 1 radical (unpaired) electrons. The first-order valence-corrected chi connectivity index (χ1v) is 4.74. The topological polar surface area (TPSA) is 57.9 Å². The molecule has 0 spiro atoms. The summed E-state index contributed by atoms with van der Waals surface area (Å²) in [4.78, 5) is 0.00750. The van der Waals surface area contributed by atoms with Gasteiger partial charge in [0.05, 0.1) is 10.0 Å². The molecule has 3 nitrogen and oxygen atoms in total. The molecular weight excluding hydrogens is 401 g/mol. The van der Waals surface area contributed by atoms with Crippen LogP contribution < -0.4 is 0 Å². The van der Waals surface area contributed by atoms with Crippen molar-refractivity contribution in [2.45, 2.75) is 4.90 Å². The Labute approximate surface area is 114 Å². The number of benzene rings is 1. The summed E-state index contributed by atoms with van der Waals surface area (Å²) < 4.78 is 21.3. The number of hydrogen-bond acceptors (Lipinski definition) is 2. The summed E-state index contributed by atoms with van der Waals surface area (Å²) in [6, 6.07) is 5.99. The van der Waals surface area contributed by atoms with E-state index in [1.807, 2.05) is 0 Å². The maximum absolute atomic E-state index is 10.7. The molecule has 0 atom stereocenters. The van der Waals surface area contributed by atoms with Gasteiger partial charge < -0.3 is 5.14 Å². The molecule has 67 valence electrons. The van der Waals surface area contributed by atoms with Crippen molar-refractivity contribution in [2.75, 3.05) is 0 Å². The van der Waals surface area contributed by atoms with Gasteiger partial charge in [0.25, 0.3) is 0 Å². The zero-order valence-electron chi connectivity index (χ0n) is 6.90. The number of rotatable bonds is 2. The van der Waals surface area contributed by atoms with Crippen molar-refractivity contribution >= 4 is 16.1 Å². The summed E-state index contributed by atoms with van der Waals surface area (Å²) in [5.41, 5.74) is 0.836. The van der Waals surface area contributed by atoms with Gasteiger partial charge in [0.15, 0.2) is 0 Å². The molecule has 0 fully saturated rings. The molecule has 1 aromatic carbocycles. The Morgan fingerprint density at radius 2 is 1.69 bits per heavy atom. The van der Waals surface area contributed by atoms with E-state index in [0.717, 1.165) is 5.56 Å². The molecule has 5 heteroatoms.